The monoisotopic (exact) mass is 358 g/mol. The standard InChI is InChI=1S/C15H13N2OS.Y/c1-10(18)12-9-19-15(16-12)14-8-7-11-5-3-4-6-13(11)17(14)2;/h4-8,12H,2,9H2,1H3;/q-1;/b15-14+;. The van der Waals surface area contributed by atoms with Gasteiger partial charge in [-0.3, -0.25) is 0 Å². The second-order valence-electron chi connectivity index (χ2n) is 4.50. The van der Waals surface area contributed by atoms with Gasteiger partial charge in [0.2, 0.25) is 0 Å². The first-order chi connectivity index (χ1) is 9.16. The van der Waals surface area contributed by atoms with E-state index >= 15 is 0 Å². The Morgan fingerprint density at radius 3 is 3.00 bits per heavy atom. The largest absolute Gasteiger partial charge is 0.664 e. The minimum atomic E-state index is -0.209. The zero-order valence-electron chi connectivity index (χ0n) is 11.2. The Morgan fingerprint density at radius 1 is 1.50 bits per heavy atom. The fourth-order valence-electron chi connectivity index (χ4n) is 2.11. The van der Waals surface area contributed by atoms with Gasteiger partial charge in [0.05, 0.1) is 0 Å². The summed E-state index contributed by atoms with van der Waals surface area (Å²) in [5, 5.41) is 7.42. The molecule has 3 rings (SSSR count). The molecule has 1 saturated heterocycles. The maximum atomic E-state index is 11.4. The van der Waals surface area contributed by atoms with Crippen LogP contribution in [-0.4, -0.2) is 17.6 Å². The van der Waals surface area contributed by atoms with E-state index in [0.29, 0.717) is 0 Å². The first-order valence-corrected chi connectivity index (χ1v) is 7.02. The molecule has 1 aliphatic rings. The molecule has 2 heterocycles. The summed E-state index contributed by atoms with van der Waals surface area (Å²) in [6.07, 6.45) is 0. The normalized spacial score (nSPS) is 20.4. The van der Waals surface area contributed by atoms with Gasteiger partial charge in [0.15, 0.2) is 5.35 Å². The van der Waals surface area contributed by atoms with Crippen molar-refractivity contribution >= 4 is 33.5 Å². The number of pyridine rings is 1. The summed E-state index contributed by atoms with van der Waals surface area (Å²) < 4.78 is 1.87. The van der Waals surface area contributed by atoms with E-state index in [-0.39, 0.29) is 44.5 Å². The third-order valence-electron chi connectivity index (χ3n) is 3.21. The van der Waals surface area contributed by atoms with Gasteiger partial charge in [0.25, 0.3) is 0 Å². The van der Waals surface area contributed by atoms with Gasteiger partial charge in [0, 0.05) is 32.7 Å². The zero-order valence-corrected chi connectivity index (χ0v) is 14.8. The molecule has 0 amide bonds. The van der Waals surface area contributed by atoms with E-state index < -0.39 is 0 Å². The molecule has 5 heteroatoms. The second kappa shape index (κ2) is 6.38. The predicted molar refractivity (Wildman–Crippen MR) is 77.1 cm³/mol. The van der Waals surface area contributed by atoms with E-state index in [1.165, 1.54) is 0 Å². The molecule has 0 spiro atoms. The molecule has 1 fully saturated rings. The van der Waals surface area contributed by atoms with Crippen molar-refractivity contribution in [3.8, 4) is 0 Å². The Balaban J connectivity index is 0.00000147. The Labute approximate surface area is 147 Å². The van der Waals surface area contributed by atoms with Gasteiger partial charge < -0.3 is 10.1 Å². The summed E-state index contributed by atoms with van der Waals surface area (Å²) in [6, 6.07) is 12.7. The summed E-state index contributed by atoms with van der Waals surface area (Å²) in [6.45, 7) is 5.68. The molecule has 3 nitrogen and oxygen atoms in total. The maximum Gasteiger partial charge on any atom is 0.199 e. The third-order valence-corrected chi connectivity index (χ3v) is 4.28. The van der Waals surface area contributed by atoms with Crippen molar-refractivity contribution in [2.45, 2.75) is 13.0 Å². The van der Waals surface area contributed by atoms with Crippen LogP contribution in [0.5, 0.6) is 0 Å². The molecule has 1 aromatic carbocycles. The molecule has 0 bridgehead atoms. The van der Waals surface area contributed by atoms with Gasteiger partial charge >= 0.3 is 0 Å². The number of rotatable bonds is 1. The summed E-state index contributed by atoms with van der Waals surface area (Å²) in [5.41, 5.74) is 1.03. The van der Waals surface area contributed by atoms with Crippen LogP contribution in [0.3, 0.4) is 0 Å². The molecule has 99 valence electrons. The Morgan fingerprint density at radius 2 is 2.30 bits per heavy atom. The van der Waals surface area contributed by atoms with E-state index in [1.54, 1.807) is 18.7 Å². The minimum absolute atomic E-state index is 0. The van der Waals surface area contributed by atoms with Crippen LogP contribution in [0.2, 0.25) is 0 Å². The number of Topliss-reactive ketones (excluding diaryl/α,β-unsaturated/α-hetero) is 1. The molecule has 1 unspecified atom stereocenters. The number of hydrogen-bond donors (Lipinski definition) is 0. The van der Waals surface area contributed by atoms with Crippen molar-refractivity contribution in [2.24, 2.45) is 0 Å². The van der Waals surface area contributed by atoms with E-state index in [0.717, 1.165) is 27.0 Å². The summed E-state index contributed by atoms with van der Waals surface area (Å²) in [4.78, 5) is 11.4. The Kier molecular flexibility index (Phi) is 5.00. The molecule has 0 aliphatic carbocycles. The van der Waals surface area contributed by atoms with Crippen molar-refractivity contribution in [3.05, 3.63) is 53.8 Å². The Bertz CT molecular complexity index is 775. The van der Waals surface area contributed by atoms with Gasteiger partial charge in [-0.15, -0.1) is 11.8 Å². The molecule has 0 N–H and O–H groups in total. The van der Waals surface area contributed by atoms with Crippen LogP contribution in [0.25, 0.3) is 21.2 Å². The van der Waals surface area contributed by atoms with E-state index in [9.17, 15) is 4.79 Å². The van der Waals surface area contributed by atoms with Crippen molar-refractivity contribution in [2.75, 3.05) is 5.75 Å². The van der Waals surface area contributed by atoms with Gasteiger partial charge in [-0.1, -0.05) is 17.5 Å². The predicted octanol–water partition coefficient (Wildman–Crippen LogP) is 1.71. The summed E-state index contributed by atoms with van der Waals surface area (Å²) >= 11 is 1.62. The molecule has 0 saturated carbocycles. The van der Waals surface area contributed by atoms with Crippen LogP contribution in [0.15, 0.2) is 30.3 Å². The minimum Gasteiger partial charge on any atom is -0.664 e. The number of carbonyl (C=O) groups is 1. The SMILES string of the molecule is C=[n+]1/c(=C2\[N-]C(C(C)=O)CS2)ccc2c[c-]ccc21.[Y]. The first kappa shape index (κ1) is 15.7. The van der Waals surface area contributed by atoms with Gasteiger partial charge in [0.1, 0.15) is 18.0 Å². The van der Waals surface area contributed by atoms with Crippen LogP contribution in [-0.2, 0) is 37.5 Å². The van der Waals surface area contributed by atoms with Crippen molar-refractivity contribution in [1.82, 2.24) is 0 Å². The number of carbonyl (C=O) groups excluding carboxylic acids is 1. The average Bonchev–Trinajstić information content (AvgIpc) is 2.89. The molecule has 1 aliphatic heterocycles. The number of hydrogen-bond acceptors (Lipinski definition) is 2. The molecular formula is C15H13N2OSY-. The van der Waals surface area contributed by atoms with E-state index in [2.05, 4.69) is 18.1 Å². The van der Waals surface area contributed by atoms with Crippen LogP contribution in [0.1, 0.15) is 6.92 Å². The third kappa shape index (κ3) is 2.83. The van der Waals surface area contributed by atoms with Crippen LogP contribution >= 0.6 is 11.8 Å². The van der Waals surface area contributed by atoms with Crippen LogP contribution < -0.4 is 9.59 Å². The molecule has 2 aromatic rings. The molecule has 1 radical (unpaired) electrons. The van der Waals surface area contributed by atoms with Crippen molar-refractivity contribution < 1.29 is 41.7 Å². The number of fused-ring (bicyclic) bond motifs is 1. The van der Waals surface area contributed by atoms with E-state index in [1.807, 2.05) is 34.6 Å². The number of benzene rings is 1. The first-order valence-electron chi connectivity index (χ1n) is 6.04. The smallest absolute Gasteiger partial charge is 0.199 e. The summed E-state index contributed by atoms with van der Waals surface area (Å²) in [5.74, 6) is 0.846. The maximum absolute atomic E-state index is 11.4. The van der Waals surface area contributed by atoms with Gasteiger partial charge in [-0.2, -0.15) is 22.4 Å². The number of nitrogens with zero attached hydrogens (tertiary/aromatic N) is 2. The zero-order chi connectivity index (χ0) is 13.4. The molecular weight excluding hydrogens is 345 g/mol. The topological polar surface area (TPSA) is 37.1 Å². The molecule has 1 atom stereocenters. The van der Waals surface area contributed by atoms with Gasteiger partial charge in [-0.25, -0.2) is 0 Å². The van der Waals surface area contributed by atoms with Crippen LogP contribution in [0.4, 0.5) is 0 Å². The number of ketones is 1. The van der Waals surface area contributed by atoms with Crippen molar-refractivity contribution in [1.29, 1.82) is 0 Å². The number of thioether (sulfide) groups is 1. The quantitative estimate of drug-likeness (QED) is 0.575. The van der Waals surface area contributed by atoms with Crippen LogP contribution in [0, 0.1) is 12.8 Å². The molecule has 1 aromatic heterocycles. The van der Waals surface area contributed by atoms with E-state index in [4.69, 9.17) is 0 Å². The average molecular weight is 358 g/mol. The second-order valence-corrected chi connectivity index (χ2v) is 5.51. The summed E-state index contributed by atoms with van der Waals surface area (Å²) in [7, 11) is 0. The van der Waals surface area contributed by atoms with Crippen molar-refractivity contribution in [3.63, 3.8) is 0 Å². The molecule has 20 heavy (non-hydrogen) atoms. The van der Waals surface area contributed by atoms with Gasteiger partial charge in [-0.05, 0) is 29.8 Å². The number of aromatic nitrogens is 1. The Hall–Kier alpha value is -0.706. The fraction of sp³-hybridized carbons (Fsp3) is 0.200. The fourth-order valence-corrected chi connectivity index (χ4v) is 3.26.